The fourth-order valence-electron chi connectivity index (χ4n) is 4.11. The number of hydrogen-bond acceptors (Lipinski definition) is 4. The topological polar surface area (TPSA) is 75.7 Å². The summed E-state index contributed by atoms with van der Waals surface area (Å²) in [5, 5.41) is 2.82. The molecule has 0 aromatic heterocycles. The van der Waals surface area contributed by atoms with Crippen molar-refractivity contribution in [3.8, 4) is 0 Å². The summed E-state index contributed by atoms with van der Waals surface area (Å²) in [4.78, 5) is 40.3. The molecule has 2 amide bonds. The van der Waals surface area contributed by atoms with Crippen LogP contribution in [0.4, 0.5) is 5.69 Å². The average molecular weight is 443 g/mol. The Morgan fingerprint density at radius 1 is 0.879 bits per heavy atom. The lowest BCUT2D eigenvalue weighted by Crippen LogP contribution is -2.49. The van der Waals surface area contributed by atoms with Crippen LogP contribution in [0.3, 0.4) is 0 Å². The first kappa shape index (κ1) is 22.3. The van der Waals surface area contributed by atoms with E-state index in [1.54, 1.807) is 24.3 Å². The van der Waals surface area contributed by atoms with Crippen molar-refractivity contribution in [3.05, 3.63) is 101 Å². The van der Waals surface area contributed by atoms with Crippen LogP contribution in [0.25, 0.3) is 0 Å². The van der Waals surface area contributed by atoms with Crippen LogP contribution in [0, 0.1) is 13.8 Å². The van der Waals surface area contributed by atoms with Crippen molar-refractivity contribution in [2.24, 2.45) is 0 Å². The van der Waals surface area contributed by atoms with Gasteiger partial charge < -0.3 is 15.0 Å². The molecule has 168 valence electrons. The van der Waals surface area contributed by atoms with Gasteiger partial charge in [-0.3, -0.25) is 9.59 Å². The summed E-state index contributed by atoms with van der Waals surface area (Å²) >= 11 is 0. The molecule has 1 aliphatic heterocycles. The van der Waals surface area contributed by atoms with Gasteiger partial charge in [-0.25, -0.2) is 4.79 Å². The van der Waals surface area contributed by atoms with Gasteiger partial charge in [-0.2, -0.15) is 0 Å². The summed E-state index contributed by atoms with van der Waals surface area (Å²) in [6, 6.07) is 21.5. The molecule has 1 atom stereocenters. The molecule has 6 heteroatoms. The van der Waals surface area contributed by atoms with Crippen molar-refractivity contribution in [2.45, 2.75) is 32.9 Å². The third kappa shape index (κ3) is 4.95. The maximum atomic E-state index is 13.2. The third-order valence-corrected chi connectivity index (χ3v) is 5.89. The number of ether oxygens (including phenoxy) is 1. The van der Waals surface area contributed by atoms with Crippen LogP contribution in [0.1, 0.15) is 32.6 Å². The third-order valence-electron chi connectivity index (χ3n) is 5.89. The Morgan fingerprint density at radius 3 is 2.21 bits per heavy atom. The van der Waals surface area contributed by atoms with Crippen molar-refractivity contribution in [2.75, 3.05) is 11.9 Å². The van der Waals surface area contributed by atoms with Crippen molar-refractivity contribution in [1.29, 1.82) is 0 Å². The lowest BCUT2D eigenvalue weighted by Gasteiger charge is -2.35. The molecule has 0 spiro atoms. The lowest BCUT2D eigenvalue weighted by atomic mass is 9.93. The Labute approximate surface area is 193 Å². The summed E-state index contributed by atoms with van der Waals surface area (Å²) in [7, 11) is 0. The van der Waals surface area contributed by atoms with Crippen molar-refractivity contribution in [1.82, 2.24) is 4.90 Å². The second kappa shape index (κ2) is 9.69. The Hall–Kier alpha value is -3.93. The highest BCUT2D eigenvalue weighted by Gasteiger charge is 2.36. The van der Waals surface area contributed by atoms with Gasteiger partial charge in [-0.05, 0) is 48.2 Å². The number of para-hydroxylation sites is 1. The molecule has 0 aliphatic carbocycles. The first-order valence-corrected chi connectivity index (χ1v) is 10.9. The van der Waals surface area contributed by atoms with E-state index in [0.717, 1.165) is 22.3 Å². The molecule has 1 N–H and O–H groups in total. The number of carbonyl (C=O) groups is 3. The fraction of sp³-hybridized carbons (Fsp3) is 0.222. The highest BCUT2D eigenvalue weighted by atomic mass is 16.5. The summed E-state index contributed by atoms with van der Waals surface area (Å²) < 4.78 is 5.38. The van der Waals surface area contributed by atoms with Crippen LogP contribution in [0.2, 0.25) is 0 Å². The van der Waals surface area contributed by atoms with Gasteiger partial charge in [0.1, 0.15) is 6.04 Å². The highest BCUT2D eigenvalue weighted by molar-refractivity contribution is 5.98. The minimum Gasteiger partial charge on any atom is -0.454 e. The lowest BCUT2D eigenvalue weighted by molar-refractivity contribution is -0.152. The van der Waals surface area contributed by atoms with E-state index in [0.29, 0.717) is 24.2 Å². The van der Waals surface area contributed by atoms with Gasteiger partial charge in [-0.15, -0.1) is 0 Å². The Kier molecular flexibility index (Phi) is 6.54. The molecule has 33 heavy (non-hydrogen) atoms. The molecule has 4 rings (SSSR count). The quantitative estimate of drug-likeness (QED) is 0.605. The van der Waals surface area contributed by atoms with Crippen molar-refractivity contribution < 1.29 is 19.1 Å². The van der Waals surface area contributed by atoms with E-state index in [2.05, 4.69) is 5.32 Å². The monoisotopic (exact) mass is 442 g/mol. The average Bonchev–Trinajstić information content (AvgIpc) is 2.84. The number of anilines is 1. The smallest absolute Gasteiger partial charge is 0.329 e. The number of carbonyl (C=O) groups excluding carboxylic acids is 3. The van der Waals surface area contributed by atoms with Crippen molar-refractivity contribution in [3.63, 3.8) is 0 Å². The van der Waals surface area contributed by atoms with Crippen LogP contribution in [-0.2, 0) is 27.3 Å². The molecule has 0 unspecified atom stereocenters. The minimum atomic E-state index is -0.805. The molecule has 1 aliphatic rings. The number of nitrogens with zero attached hydrogens (tertiary/aromatic N) is 1. The first-order chi connectivity index (χ1) is 15.9. The predicted octanol–water partition coefficient (Wildman–Crippen LogP) is 4.05. The second-order valence-electron chi connectivity index (χ2n) is 8.21. The molecule has 0 bridgehead atoms. The van der Waals surface area contributed by atoms with Crippen LogP contribution < -0.4 is 5.32 Å². The van der Waals surface area contributed by atoms with Gasteiger partial charge in [-0.1, -0.05) is 60.7 Å². The van der Waals surface area contributed by atoms with Gasteiger partial charge in [0, 0.05) is 24.2 Å². The molecule has 6 nitrogen and oxygen atoms in total. The highest BCUT2D eigenvalue weighted by Crippen LogP contribution is 2.26. The molecule has 0 saturated carbocycles. The zero-order chi connectivity index (χ0) is 23.4. The summed E-state index contributed by atoms with van der Waals surface area (Å²) in [5.74, 6) is -1.25. The largest absolute Gasteiger partial charge is 0.454 e. The molecule has 3 aromatic carbocycles. The number of amides is 2. The first-order valence-electron chi connectivity index (χ1n) is 10.9. The van der Waals surface area contributed by atoms with Gasteiger partial charge >= 0.3 is 5.97 Å². The number of esters is 1. The second-order valence-corrected chi connectivity index (χ2v) is 8.21. The van der Waals surface area contributed by atoms with Gasteiger partial charge in [0.05, 0.1) is 0 Å². The standard InChI is InChI=1S/C27H26N2O4/c1-18-9-8-10-19(2)25(18)28-24(30)17-33-27(32)23-15-21-13-6-7-14-22(21)16-29(23)26(31)20-11-4-3-5-12-20/h3-14,23H,15-17H2,1-2H3,(H,28,30)/t23-/m1/s1. The fourth-order valence-corrected chi connectivity index (χ4v) is 4.11. The molecule has 0 saturated heterocycles. The molecule has 0 radical (unpaired) electrons. The number of nitrogens with one attached hydrogen (secondary N) is 1. The molecule has 0 fully saturated rings. The summed E-state index contributed by atoms with van der Waals surface area (Å²) in [6.07, 6.45) is 0.339. The Morgan fingerprint density at radius 2 is 1.52 bits per heavy atom. The maximum Gasteiger partial charge on any atom is 0.329 e. The number of fused-ring (bicyclic) bond motifs is 1. The number of benzene rings is 3. The van der Waals surface area contributed by atoms with E-state index in [1.807, 2.05) is 62.4 Å². The molecule has 3 aromatic rings. The zero-order valence-electron chi connectivity index (χ0n) is 18.7. The van der Waals surface area contributed by atoms with Crippen molar-refractivity contribution >= 4 is 23.5 Å². The SMILES string of the molecule is Cc1cccc(C)c1NC(=O)COC(=O)[C@H]1Cc2ccccc2CN1C(=O)c1ccccc1. The Bertz CT molecular complexity index is 1170. The van der Waals surface area contributed by atoms with Crippen LogP contribution in [0.5, 0.6) is 0 Å². The van der Waals surface area contributed by atoms with Gasteiger partial charge in [0.2, 0.25) is 0 Å². The van der Waals surface area contributed by atoms with E-state index in [4.69, 9.17) is 4.74 Å². The molecular weight excluding hydrogens is 416 g/mol. The predicted molar refractivity (Wildman–Crippen MR) is 126 cm³/mol. The number of hydrogen-bond donors (Lipinski definition) is 1. The number of rotatable bonds is 5. The van der Waals surface area contributed by atoms with Crippen LogP contribution >= 0.6 is 0 Å². The van der Waals surface area contributed by atoms with E-state index in [-0.39, 0.29) is 5.91 Å². The minimum absolute atomic E-state index is 0.243. The van der Waals surface area contributed by atoms with Crippen LogP contribution in [0.15, 0.2) is 72.8 Å². The summed E-state index contributed by atoms with van der Waals surface area (Å²) in [6.45, 7) is 3.69. The maximum absolute atomic E-state index is 13.2. The van der Waals surface area contributed by atoms with E-state index >= 15 is 0 Å². The molecule has 1 heterocycles. The Balaban J connectivity index is 1.49. The van der Waals surface area contributed by atoms with E-state index in [1.165, 1.54) is 4.90 Å². The molecular formula is C27H26N2O4. The number of aryl methyl sites for hydroxylation is 2. The van der Waals surface area contributed by atoms with Gasteiger partial charge in [0.15, 0.2) is 6.61 Å². The summed E-state index contributed by atoms with van der Waals surface area (Å²) in [5.41, 5.74) is 5.07. The van der Waals surface area contributed by atoms with E-state index in [9.17, 15) is 14.4 Å². The van der Waals surface area contributed by atoms with Gasteiger partial charge in [0.25, 0.3) is 11.8 Å². The normalized spacial score (nSPS) is 14.8. The van der Waals surface area contributed by atoms with E-state index < -0.39 is 24.5 Å². The van der Waals surface area contributed by atoms with Crippen LogP contribution in [-0.4, -0.2) is 35.3 Å². The zero-order valence-corrected chi connectivity index (χ0v) is 18.7.